The van der Waals surface area contributed by atoms with Gasteiger partial charge >= 0.3 is 0 Å². The van der Waals surface area contributed by atoms with Gasteiger partial charge in [0.2, 0.25) is 0 Å². The molecule has 0 radical (unpaired) electrons. The number of methoxy groups -OCH3 is 1. The highest BCUT2D eigenvalue weighted by Gasteiger charge is 2.01. The summed E-state index contributed by atoms with van der Waals surface area (Å²) in [5.41, 5.74) is 0. The van der Waals surface area contributed by atoms with Gasteiger partial charge in [0.05, 0.1) is 13.2 Å². The van der Waals surface area contributed by atoms with E-state index in [-0.39, 0.29) is 0 Å². The van der Waals surface area contributed by atoms with Crippen LogP contribution in [0.2, 0.25) is 0 Å². The van der Waals surface area contributed by atoms with Crippen LogP contribution < -0.4 is 0 Å². The monoisotopic (exact) mass is 240 g/mol. The highest BCUT2D eigenvalue weighted by atomic mass is 79.9. The van der Waals surface area contributed by atoms with Crippen LogP contribution in [0.25, 0.3) is 0 Å². The van der Waals surface area contributed by atoms with Gasteiger partial charge in [-0.05, 0) is 12.8 Å². The topological polar surface area (TPSA) is 38.7 Å². The molecule has 0 aliphatic rings. The summed E-state index contributed by atoms with van der Waals surface area (Å²) in [6.45, 7) is 1.43. The molecule has 0 amide bonds. The SMILES string of the molecule is COCC(O)COCCCCBr. The molecular weight excluding hydrogens is 224 g/mol. The zero-order chi connectivity index (χ0) is 9.23. The van der Waals surface area contributed by atoms with Crippen LogP contribution in [0, 0.1) is 0 Å². The third-order valence-electron chi connectivity index (χ3n) is 1.34. The zero-order valence-electron chi connectivity index (χ0n) is 7.46. The second-order valence-electron chi connectivity index (χ2n) is 2.58. The van der Waals surface area contributed by atoms with Gasteiger partial charge in [-0.3, -0.25) is 0 Å². The predicted octanol–water partition coefficient (Wildman–Crippen LogP) is 1.19. The Morgan fingerprint density at radius 3 is 2.67 bits per heavy atom. The van der Waals surface area contributed by atoms with Gasteiger partial charge in [0.1, 0.15) is 6.10 Å². The summed E-state index contributed by atoms with van der Waals surface area (Å²) in [5.74, 6) is 0. The fraction of sp³-hybridized carbons (Fsp3) is 1.00. The number of hydrogen-bond donors (Lipinski definition) is 1. The fourth-order valence-electron chi connectivity index (χ4n) is 0.758. The van der Waals surface area contributed by atoms with Gasteiger partial charge in [0.25, 0.3) is 0 Å². The molecule has 0 aliphatic heterocycles. The molecule has 0 aromatic heterocycles. The molecule has 0 aromatic rings. The van der Waals surface area contributed by atoms with Crippen molar-refractivity contribution in [3.63, 3.8) is 0 Å². The maximum absolute atomic E-state index is 9.15. The molecule has 1 unspecified atom stereocenters. The van der Waals surface area contributed by atoms with E-state index in [2.05, 4.69) is 15.9 Å². The Bertz CT molecular complexity index is 90.4. The number of aliphatic hydroxyl groups is 1. The molecule has 0 aromatic carbocycles. The van der Waals surface area contributed by atoms with Gasteiger partial charge in [0.15, 0.2) is 0 Å². The van der Waals surface area contributed by atoms with Crippen LogP contribution in [-0.2, 0) is 9.47 Å². The summed E-state index contributed by atoms with van der Waals surface area (Å²) in [4.78, 5) is 0. The van der Waals surface area contributed by atoms with Gasteiger partial charge in [0, 0.05) is 19.0 Å². The number of ether oxygens (including phenoxy) is 2. The summed E-state index contributed by atoms with van der Waals surface area (Å²) in [6.07, 6.45) is 1.66. The average molecular weight is 241 g/mol. The van der Waals surface area contributed by atoms with Crippen molar-refractivity contribution in [2.24, 2.45) is 0 Å². The summed E-state index contributed by atoms with van der Waals surface area (Å²) < 4.78 is 9.94. The Labute approximate surface area is 82.2 Å². The minimum atomic E-state index is -0.487. The van der Waals surface area contributed by atoms with Gasteiger partial charge in [-0.25, -0.2) is 0 Å². The average Bonchev–Trinajstić information content (AvgIpc) is 2.05. The van der Waals surface area contributed by atoms with Crippen LogP contribution in [0.1, 0.15) is 12.8 Å². The minimum Gasteiger partial charge on any atom is -0.388 e. The lowest BCUT2D eigenvalue weighted by atomic mass is 10.3. The molecule has 0 spiro atoms. The van der Waals surface area contributed by atoms with Crippen molar-refractivity contribution in [3.8, 4) is 0 Å². The minimum absolute atomic E-state index is 0.346. The van der Waals surface area contributed by atoms with Crippen LogP contribution in [0.15, 0.2) is 0 Å². The first-order chi connectivity index (χ1) is 5.81. The molecule has 1 N–H and O–H groups in total. The van der Waals surface area contributed by atoms with E-state index in [4.69, 9.17) is 14.6 Å². The van der Waals surface area contributed by atoms with E-state index in [1.54, 1.807) is 7.11 Å². The van der Waals surface area contributed by atoms with E-state index >= 15 is 0 Å². The largest absolute Gasteiger partial charge is 0.388 e. The standard InChI is InChI=1S/C8H17BrO3/c1-11-6-8(10)7-12-5-3-2-4-9/h8,10H,2-7H2,1H3. The maximum Gasteiger partial charge on any atom is 0.101 e. The summed E-state index contributed by atoms with van der Waals surface area (Å²) in [5, 5.41) is 10.2. The molecule has 0 saturated heterocycles. The van der Waals surface area contributed by atoms with E-state index in [9.17, 15) is 0 Å². The van der Waals surface area contributed by atoms with Crippen LogP contribution in [0.4, 0.5) is 0 Å². The van der Waals surface area contributed by atoms with E-state index in [1.165, 1.54) is 0 Å². The summed E-state index contributed by atoms with van der Waals surface area (Å²) in [7, 11) is 1.56. The Balaban J connectivity index is 2.97. The molecule has 0 saturated carbocycles. The molecule has 0 fully saturated rings. The van der Waals surface area contributed by atoms with E-state index in [0.717, 1.165) is 18.2 Å². The van der Waals surface area contributed by atoms with E-state index < -0.39 is 6.10 Å². The summed E-state index contributed by atoms with van der Waals surface area (Å²) >= 11 is 3.33. The molecule has 12 heavy (non-hydrogen) atoms. The predicted molar refractivity (Wildman–Crippen MR) is 51.7 cm³/mol. The van der Waals surface area contributed by atoms with Crippen molar-refractivity contribution in [2.75, 3.05) is 32.3 Å². The normalized spacial score (nSPS) is 13.2. The highest BCUT2D eigenvalue weighted by molar-refractivity contribution is 9.09. The number of alkyl halides is 1. The Morgan fingerprint density at radius 2 is 2.08 bits per heavy atom. The van der Waals surface area contributed by atoms with E-state index in [1.807, 2.05) is 0 Å². The van der Waals surface area contributed by atoms with Gasteiger partial charge in [-0.1, -0.05) is 15.9 Å². The number of unbranched alkanes of at least 4 members (excludes halogenated alkanes) is 1. The lowest BCUT2D eigenvalue weighted by Gasteiger charge is -2.09. The zero-order valence-corrected chi connectivity index (χ0v) is 9.05. The first-order valence-electron chi connectivity index (χ1n) is 4.12. The van der Waals surface area contributed by atoms with Crippen LogP contribution in [-0.4, -0.2) is 43.5 Å². The summed E-state index contributed by atoms with van der Waals surface area (Å²) in [6, 6.07) is 0. The Morgan fingerprint density at radius 1 is 1.33 bits per heavy atom. The number of halogens is 1. The Hall–Kier alpha value is 0.360. The molecule has 0 rings (SSSR count). The first kappa shape index (κ1) is 12.4. The van der Waals surface area contributed by atoms with Gasteiger partial charge < -0.3 is 14.6 Å². The van der Waals surface area contributed by atoms with Crippen molar-refractivity contribution < 1.29 is 14.6 Å². The fourth-order valence-corrected chi connectivity index (χ4v) is 1.15. The second-order valence-corrected chi connectivity index (χ2v) is 3.37. The molecule has 1 atom stereocenters. The Kier molecular flexibility index (Phi) is 9.73. The quantitative estimate of drug-likeness (QED) is 0.512. The van der Waals surface area contributed by atoms with Crippen LogP contribution in [0.5, 0.6) is 0 Å². The van der Waals surface area contributed by atoms with Crippen molar-refractivity contribution >= 4 is 15.9 Å². The molecule has 4 heteroatoms. The number of hydrogen-bond acceptors (Lipinski definition) is 3. The van der Waals surface area contributed by atoms with Crippen molar-refractivity contribution in [1.29, 1.82) is 0 Å². The van der Waals surface area contributed by atoms with Crippen LogP contribution >= 0.6 is 15.9 Å². The second kappa shape index (κ2) is 9.45. The van der Waals surface area contributed by atoms with Gasteiger partial charge in [-0.2, -0.15) is 0 Å². The van der Waals surface area contributed by atoms with Crippen molar-refractivity contribution in [3.05, 3.63) is 0 Å². The molecule has 0 bridgehead atoms. The third-order valence-corrected chi connectivity index (χ3v) is 1.90. The van der Waals surface area contributed by atoms with Crippen molar-refractivity contribution in [2.45, 2.75) is 18.9 Å². The highest BCUT2D eigenvalue weighted by Crippen LogP contribution is 1.95. The lowest BCUT2D eigenvalue weighted by molar-refractivity contribution is -0.00653. The molecular formula is C8H17BrO3. The lowest BCUT2D eigenvalue weighted by Crippen LogP contribution is -2.21. The molecule has 0 aliphatic carbocycles. The van der Waals surface area contributed by atoms with Gasteiger partial charge in [-0.15, -0.1) is 0 Å². The van der Waals surface area contributed by atoms with Crippen molar-refractivity contribution in [1.82, 2.24) is 0 Å². The maximum atomic E-state index is 9.15. The van der Waals surface area contributed by atoms with Crippen LogP contribution in [0.3, 0.4) is 0 Å². The molecule has 3 nitrogen and oxygen atoms in total. The third kappa shape index (κ3) is 8.46. The smallest absolute Gasteiger partial charge is 0.101 e. The number of aliphatic hydroxyl groups excluding tert-OH is 1. The van der Waals surface area contributed by atoms with E-state index in [0.29, 0.717) is 19.8 Å². The number of rotatable bonds is 8. The first-order valence-corrected chi connectivity index (χ1v) is 5.24. The molecule has 0 heterocycles. The molecule has 74 valence electrons.